The van der Waals surface area contributed by atoms with Crippen LogP contribution in [-0.2, 0) is 13.0 Å². The Labute approximate surface area is 195 Å². The number of nitrogens with zero attached hydrogens (tertiary/aromatic N) is 3. The molecule has 1 fully saturated rings. The van der Waals surface area contributed by atoms with E-state index in [-0.39, 0.29) is 24.0 Å². The van der Waals surface area contributed by atoms with Crippen LogP contribution in [0, 0.1) is 0 Å². The minimum atomic E-state index is 0. The number of pyridine rings is 1. The molecular weight excluding hydrogens is 501 g/mol. The number of rotatable bonds is 7. The lowest BCUT2D eigenvalue weighted by Crippen LogP contribution is -2.37. The third-order valence-electron chi connectivity index (χ3n) is 4.87. The SMILES string of the molecule is CN=C(NCCc1ccc(OC)cc1Cl)NCc1ccc(N2CCCC2)nc1.I. The quantitative estimate of drug-likeness (QED) is 0.324. The van der Waals surface area contributed by atoms with Crippen molar-refractivity contribution in [2.45, 2.75) is 25.8 Å². The summed E-state index contributed by atoms with van der Waals surface area (Å²) in [5, 5.41) is 7.36. The first-order valence-corrected chi connectivity index (χ1v) is 10.0. The van der Waals surface area contributed by atoms with Crippen molar-refractivity contribution in [2.75, 3.05) is 38.7 Å². The standard InChI is InChI=1S/C21H28ClN5O.HI/c1-23-21(24-10-9-17-6-7-18(28-2)13-19(17)22)26-15-16-5-8-20(25-14-16)27-11-3-4-12-27;/h5-8,13-14H,3-4,9-12,15H2,1-2H3,(H2,23,24,26);1H. The van der Waals surface area contributed by atoms with E-state index in [0.29, 0.717) is 11.6 Å². The molecule has 2 heterocycles. The summed E-state index contributed by atoms with van der Waals surface area (Å²) in [6.45, 7) is 3.63. The van der Waals surface area contributed by atoms with Crippen molar-refractivity contribution in [3.63, 3.8) is 0 Å². The lowest BCUT2D eigenvalue weighted by atomic mass is 10.1. The van der Waals surface area contributed by atoms with E-state index < -0.39 is 0 Å². The smallest absolute Gasteiger partial charge is 0.191 e. The van der Waals surface area contributed by atoms with Crippen LogP contribution in [0.15, 0.2) is 41.5 Å². The van der Waals surface area contributed by atoms with E-state index in [9.17, 15) is 0 Å². The third-order valence-corrected chi connectivity index (χ3v) is 5.22. The van der Waals surface area contributed by atoms with Gasteiger partial charge >= 0.3 is 0 Å². The van der Waals surface area contributed by atoms with Crippen LogP contribution in [0.25, 0.3) is 0 Å². The minimum absolute atomic E-state index is 0. The number of halogens is 2. The molecule has 1 saturated heterocycles. The molecule has 1 aromatic carbocycles. The average Bonchev–Trinajstić information content (AvgIpc) is 3.26. The highest BCUT2D eigenvalue weighted by atomic mass is 127. The van der Waals surface area contributed by atoms with Crippen LogP contribution in [-0.4, -0.2) is 44.7 Å². The minimum Gasteiger partial charge on any atom is -0.497 e. The van der Waals surface area contributed by atoms with Gasteiger partial charge in [0.05, 0.1) is 7.11 Å². The Morgan fingerprint density at radius 1 is 1.21 bits per heavy atom. The monoisotopic (exact) mass is 529 g/mol. The second-order valence-electron chi connectivity index (χ2n) is 6.78. The number of hydrogen-bond donors (Lipinski definition) is 2. The van der Waals surface area contributed by atoms with E-state index in [1.54, 1.807) is 14.2 Å². The van der Waals surface area contributed by atoms with Gasteiger partial charge in [-0.05, 0) is 48.6 Å². The zero-order valence-electron chi connectivity index (χ0n) is 16.9. The molecule has 3 rings (SSSR count). The number of benzene rings is 1. The zero-order chi connectivity index (χ0) is 19.8. The maximum atomic E-state index is 6.29. The van der Waals surface area contributed by atoms with Crippen molar-refractivity contribution >= 4 is 47.4 Å². The van der Waals surface area contributed by atoms with Crippen LogP contribution < -0.4 is 20.3 Å². The highest BCUT2D eigenvalue weighted by molar-refractivity contribution is 14.0. The average molecular weight is 530 g/mol. The van der Waals surface area contributed by atoms with Crippen molar-refractivity contribution in [3.05, 3.63) is 52.7 Å². The Balaban J connectivity index is 0.00000300. The molecule has 29 heavy (non-hydrogen) atoms. The lowest BCUT2D eigenvalue weighted by molar-refractivity contribution is 0.414. The van der Waals surface area contributed by atoms with Crippen molar-refractivity contribution in [1.29, 1.82) is 0 Å². The summed E-state index contributed by atoms with van der Waals surface area (Å²) in [6, 6.07) is 9.98. The molecule has 2 aromatic rings. The van der Waals surface area contributed by atoms with Crippen LogP contribution in [0.5, 0.6) is 5.75 Å². The molecule has 0 aliphatic carbocycles. The molecule has 1 aliphatic rings. The molecule has 2 N–H and O–H groups in total. The largest absolute Gasteiger partial charge is 0.497 e. The first-order chi connectivity index (χ1) is 13.7. The second kappa shape index (κ2) is 12.1. The van der Waals surface area contributed by atoms with E-state index in [2.05, 4.69) is 37.6 Å². The van der Waals surface area contributed by atoms with Crippen LogP contribution >= 0.6 is 35.6 Å². The highest BCUT2D eigenvalue weighted by Crippen LogP contribution is 2.22. The van der Waals surface area contributed by atoms with E-state index in [1.807, 2.05) is 24.4 Å². The van der Waals surface area contributed by atoms with Crippen molar-refractivity contribution in [1.82, 2.24) is 15.6 Å². The summed E-state index contributed by atoms with van der Waals surface area (Å²) in [7, 11) is 3.41. The molecule has 0 spiro atoms. The summed E-state index contributed by atoms with van der Waals surface area (Å²) in [5.74, 6) is 2.59. The third kappa shape index (κ3) is 6.92. The Bertz CT molecular complexity index is 794. The predicted octanol–water partition coefficient (Wildman–Crippen LogP) is 3.87. The van der Waals surface area contributed by atoms with Crippen LogP contribution in [0.4, 0.5) is 5.82 Å². The Hall–Kier alpha value is -1.74. The maximum Gasteiger partial charge on any atom is 0.191 e. The van der Waals surface area contributed by atoms with E-state index in [0.717, 1.165) is 54.7 Å². The highest BCUT2D eigenvalue weighted by Gasteiger charge is 2.13. The first-order valence-electron chi connectivity index (χ1n) is 9.66. The summed E-state index contributed by atoms with van der Waals surface area (Å²) in [5.41, 5.74) is 2.20. The predicted molar refractivity (Wildman–Crippen MR) is 131 cm³/mol. The zero-order valence-corrected chi connectivity index (χ0v) is 20.0. The Morgan fingerprint density at radius 2 is 2.00 bits per heavy atom. The fourth-order valence-corrected chi connectivity index (χ4v) is 3.50. The molecule has 1 aliphatic heterocycles. The Morgan fingerprint density at radius 3 is 2.62 bits per heavy atom. The van der Waals surface area contributed by atoms with Gasteiger partial charge in [0.25, 0.3) is 0 Å². The molecule has 158 valence electrons. The molecule has 8 heteroatoms. The number of anilines is 1. The second-order valence-corrected chi connectivity index (χ2v) is 7.19. The van der Waals surface area contributed by atoms with Gasteiger partial charge in [0.15, 0.2) is 5.96 Å². The van der Waals surface area contributed by atoms with Gasteiger partial charge in [0.1, 0.15) is 11.6 Å². The van der Waals surface area contributed by atoms with Gasteiger partial charge in [-0.15, -0.1) is 24.0 Å². The van der Waals surface area contributed by atoms with Crippen molar-refractivity contribution < 1.29 is 4.74 Å². The summed E-state index contributed by atoms with van der Waals surface area (Å²) in [4.78, 5) is 11.2. The van der Waals surface area contributed by atoms with Crippen molar-refractivity contribution in [3.8, 4) is 5.75 Å². The van der Waals surface area contributed by atoms with E-state index in [4.69, 9.17) is 16.3 Å². The number of guanidine groups is 1. The molecule has 0 saturated carbocycles. The first kappa shape index (κ1) is 23.5. The maximum absolute atomic E-state index is 6.29. The van der Waals surface area contributed by atoms with Crippen LogP contribution in [0.1, 0.15) is 24.0 Å². The van der Waals surface area contributed by atoms with Crippen LogP contribution in [0.2, 0.25) is 5.02 Å². The van der Waals surface area contributed by atoms with E-state index in [1.165, 1.54) is 12.8 Å². The summed E-state index contributed by atoms with van der Waals surface area (Å²) < 4.78 is 5.18. The van der Waals surface area contributed by atoms with Gasteiger partial charge in [-0.1, -0.05) is 23.7 Å². The Kier molecular flexibility index (Phi) is 9.80. The van der Waals surface area contributed by atoms with Crippen LogP contribution in [0.3, 0.4) is 0 Å². The molecule has 0 radical (unpaired) electrons. The van der Waals surface area contributed by atoms with Gasteiger partial charge in [0, 0.05) is 44.4 Å². The van der Waals surface area contributed by atoms with E-state index >= 15 is 0 Å². The number of ether oxygens (including phenoxy) is 1. The van der Waals surface area contributed by atoms with Gasteiger partial charge < -0.3 is 20.3 Å². The molecule has 0 unspecified atom stereocenters. The molecule has 0 bridgehead atoms. The number of nitrogens with one attached hydrogen (secondary N) is 2. The van der Waals surface area contributed by atoms with Gasteiger partial charge in [-0.25, -0.2) is 4.98 Å². The molecular formula is C21H29ClIN5O. The van der Waals surface area contributed by atoms with Gasteiger partial charge in [-0.3, -0.25) is 4.99 Å². The number of hydrogen-bond acceptors (Lipinski definition) is 4. The molecule has 6 nitrogen and oxygen atoms in total. The molecule has 0 amide bonds. The molecule has 0 atom stereocenters. The fraction of sp³-hybridized carbons (Fsp3) is 0.429. The summed E-state index contributed by atoms with van der Waals surface area (Å²) in [6.07, 6.45) is 5.25. The topological polar surface area (TPSA) is 61.8 Å². The number of methoxy groups -OCH3 is 1. The lowest BCUT2D eigenvalue weighted by Gasteiger charge is -2.16. The number of aliphatic imine (C=N–C) groups is 1. The number of aromatic nitrogens is 1. The van der Waals surface area contributed by atoms with Crippen molar-refractivity contribution in [2.24, 2.45) is 4.99 Å². The summed E-state index contributed by atoms with van der Waals surface area (Å²) >= 11 is 6.29. The fourth-order valence-electron chi connectivity index (χ4n) is 3.23. The molecule has 1 aromatic heterocycles. The van der Waals surface area contributed by atoms with Gasteiger partial charge in [0.2, 0.25) is 0 Å². The normalized spacial score (nSPS) is 13.8. The van der Waals surface area contributed by atoms with Gasteiger partial charge in [-0.2, -0.15) is 0 Å².